The van der Waals surface area contributed by atoms with E-state index in [-0.39, 0.29) is 43.1 Å². The van der Waals surface area contributed by atoms with Gasteiger partial charge in [-0.1, -0.05) is 13.0 Å². The number of amides is 1. The Morgan fingerprint density at radius 1 is 1.35 bits per heavy atom. The van der Waals surface area contributed by atoms with Crippen molar-refractivity contribution < 1.29 is 17.9 Å². The molecule has 1 amide bonds. The Bertz CT molecular complexity index is 591. The third-order valence-electron chi connectivity index (χ3n) is 2.90. The molecule has 0 aliphatic heterocycles. The first-order valence-electron chi connectivity index (χ1n) is 7.03. The maximum Gasteiger partial charge on any atom is 0.232 e. The molecule has 0 aromatic heterocycles. The zero-order chi connectivity index (χ0) is 16.6. The Balaban J connectivity index is 0.00000484. The molecule has 0 fully saturated rings. The Morgan fingerprint density at radius 2 is 2.00 bits per heavy atom. The molecule has 0 spiro atoms. The van der Waals surface area contributed by atoms with E-state index in [1.807, 2.05) is 0 Å². The van der Waals surface area contributed by atoms with Crippen LogP contribution in [0.1, 0.15) is 19.8 Å². The molecule has 4 N–H and O–H groups in total. The van der Waals surface area contributed by atoms with Gasteiger partial charge >= 0.3 is 0 Å². The van der Waals surface area contributed by atoms with E-state index in [0.717, 1.165) is 0 Å². The number of benzene rings is 1. The van der Waals surface area contributed by atoms with Gasteiger partial charge in [-0.15, -0.1) is 12.4 Å². The Hall–Kier alpha value is -1.35. The van der Waals surface area contributed by atoms with E-state index in [9.17, 15) is 13.2 Å². The first-order chi connectivity index (χ1) is 10.4. The summed E-state index contributed by atoms with van der Waals surface area (Å²) in [5.74, 6) is -0.193. The summed E-state index contributed by atoms with van der Waals surface area (Å²) in [6.45, 7) is 2.04. The molecule has 1 aromatic carbocycles. The van der Waals surface area contributed by atoms with Crippen molar-refractivity contribution in [2.75, 3.05) is 29.4 Å². The van der Waals surface area contributed by atoms with Crippen LogP contribution in [0.5, 0.6) is 0 Å². The number of carbonyl (C=O) groups excluding carboxylic acids is 1. The number of sulfonamides is 1. The molecule has 0 heterocycles. The summed E-state index contributed by atoms with van der Waals surface area (Å²) in [5.41, 5.74) is 6.38. The minimum absolute atomic E-state index is 0. The van der Waals surface area contributed by atoms with Gasteiger partial charge in [0.05, 0.1) is 24.0 Å². The molecule has 1 atom stereocenters. The molecule has 132 valence electrons. The normalized spacial score (nSPS) is 12.1. The summed E-state index contributed by atoms with van der Waals surface area (Å²) >= 11 is 0. The van der Waals surface area contributed by atoms with Crippen LogP contribution < -0.4 is 15.8 Å². The van der Waals surface area contributed by atoms with E-state index >= 15 is 0 Å². The van der Waals surface area contributed by atoms with Crippen molar-refractivity contribution in [1.82, 2.24) is 0 Å². The second-order valence-electron chi connectivity index (χ2n) is 4.85. The number of anilines is 2. The summed E-state index contributed by atoms with van der Waals surface area (Å²) in [6.07, 6.45) is 0.327. The van der Waals surface area contributed by atoms with Gasteiger partial charge in [0.25, 0.3) is 0 Å². The largest absolute Gasteiger partial charge is 0.380 e. The number of hydrogen-bond donors (Lipinski definition) is 3. The molecule has 1 rings (SSSR count). The molecule has 0 aliphatic carbocycles. The molecular formula is C14H24ClN3O4S. The Kier molecular flexibility index (Phi) is 9.82. The van der Waals surface area contributed by atoms with E-state index in [4.69, 9.17) is 10.5 Å². The molecule has 9 heteroatoms. The van der Waals surface area contributed by atoms with Crippen LogP contribution in [0.4, 0.5) is 11.4 Å². The van der Waals surface area contributed by atoms with Gasteiger partial charge in [-0.05, 0) is 24.6 Å². The Morgan fingerprint density at radius 3 is 2.57 bits per heavy atom. The molecule has 1 aromatic rings. The number of hydrogen-bond acceptors (Lipinski definition) is 5. The maximum atomic E-state index is 11.9. The van der Waals surface area contributed by atoms with Crippen LogP contribution in [0.15, 0.2) is 24.3 Å². The van der Waals surface area contributed by atoms with Crippen LogP contribution in [0.2, 0.25) is 0 Å². The number of carbonyl (C=O) groups is 1. The van der Waals surface area contributed by atoms with Crippen molar-refractivity contribution in [2.45, 2.75) is 25.9 Å². The van der Waals surface area contributed by atoms with Crippen LogP contribution in [0, 0.1) is 0 Å². The van der Waals surface area contributed by atoms with Gasteiger partial charge in [-0.2, -0.15) is 0 Å². The first kappa shape index (κ1) is 21.6. The van der Waals surface area contributed by atoms with Crippen molar-refractivity contribution in [1.29, 1.82) is 0 Å². The lowest BCUT2D eigenvalue weighted by Crippen LogP contribution is -2.28. The summed E-state index contributed by atoms with van der Waals surface area (Å²) in [6, 6.07) is 6.53. The molecule has 0 bridgehead atoms. The number of rotatable bonds is 9. The zero-order valence-electron chi connectivity index (χ0n) is 13.2. The van der Waals surface area contributed by atoms with Gasteiger partial charge in [0.1, 0.15) is 0 Å². The lowest BCUT2D eigenvalue weighted by atomic mass is 10.2. The molecule has 1 unspecified atom stereocenters. The SMILES string of the molecule is CCCS(=O)(=O)Nc1cccc(NC(=O)CC(CN)OC)c1.Cl. The summed E-state index contributed by atoms with van der Waals surface area (Å²) in [7, 11) is -1.86. The summed E-state index contributed by atoms with van der Waals surface area (Å²) < 4.78 is 31.0. The predicted molar refractivity (Wildman–Crippen MR) is 94.5 cm³/mol. The van der Waals surface area contributed by atoms with Crippen LogP contribution in [0.3, 0.4) is 0 Å². The fourth-order valence-corrected chi connectivity index (χ4v) is 2.97. The third-order valence-corrected chi connectivity index (χ3v) is 4.39. The third kappa shape index (κ3) is 8.17. The average Bonchev–Trinajstić information content (AvgIpc) is 2.44. The Labute approximate surface area is 143 Å². The molecule has 0 saturated carbocycles. The molecule has 0 radical (unpaired) electrons. The van der Waals surface area contributed by atoms with E-state index in [2.05, 4.69) is 10.0 Å². The standard InChI is InChI=1S/C14H23N3O4S.ClH/c1-3-7-22(19,20)17-12-6-4-5-11(8-12)16-14(18)9-13(10-15)21-2;/h4-6,8,13,17H,3,7,9-10,15H2,1-2H3,(H,16,18);1H. The molecule has 23 heavy (non-hydrogen) atoms. The monoisotopic (exact) mass is 365 g/mol. The first-order valence-corrected chi connectivity index (χ1v) is 8.68. The number of nitrogens with one attached hydrogen (secondary N) is 2. The highest BCUT2D eigenvalue weighted by Gasteiger charge is 2.12. The van der Waals surface area contributed by atoms with E-state index in [1.54, 1.807) is 31.2 Å². The van der Waals surface area contributed by atoms with Crippen LogP contribution in [0.25, 0.3) is 0 Å². The van der Waals surface area contributed by atoms with E-state index in [0.29, 0.717) is 17.8 Å². The second-order valence-corrected chi connectivity index (χ2v) is 6.69. The summed E-state index contributed by atoms with van der Waals surface area (Å²) in [4.78, 5) is 11.9. The van der Waals surface area contributed by atoms with Crippen LogP contribution >= 0.6 is 12.4 Å². The van der Waals surface area contributed by atoms with Gasteiger partial charge in [-0.3, -0.25) is 9.52 Å². The van der Waals surface area contributed by atoms with Crippen LogP contribution in [-0.2, 0) is 19.6 Å². The molecular weight excluding hydrogens is 342 g/mol. The highest BCUT2D eigenvalue weighted by Crippen LogP contribution is 2.17. The topological polar surface area (TPSA) is 111 Å². The van der Waals surface area contributed by atoms with Gasteiger partial charge in [0, 0.05) is 19.3 Å². The van der Waals surface area contributed by atoms with Crippen molar-refractivity contribution in [2.24, 2.45) is 5.73 Å². The number of methoxy groups -OCH3 is 1. The van der Waals surface area contributed by atoms with Crippen molar-refractivity contribution >= 4 is 39.7 Å². The number of ether oxygens (including phenoxy) is 1. The van der Waals surface area contributed by atoms with Crippen molar-refractivity contribution in [3.63, 3.8) is 0 Å². The fourth-order valence-electron chi connectivity index (χ4n) is 1.84. The zero-order valence-corrected chi connectivity index (χ0v) is 14.9. The average molecular weight is 366 g/mol. The van der Waals surface area contributed by atoms with E-state index in [1.165, 1.54) is 7.11 Å². The van der Waals surface area contributed by atoms with Crippen LogP contribution in [-0.4, -0.2) is 39.8 Å². The molecule has 0 aliphatic rings. The highest BCUT2D eigenvalue weighted by molar-refractivity contribution is 7.92. The minimum Gasteiger partial charge on any atom is -0.380 e. The van der Waals surface area contributed by atoms with Crippen molar-refractivity contribution in [3.8, 4) is 0 Å². The van der Waals surface area contributed by atoms with E-state index < -0.39 is 10.0 Å². The highest BCUT2D eigenvalue weighted by atomic mass is 35.5. The number of nitrogens with two attached hydrogens (primary N) is 1. The fraction of sp³-hybridized carbons (Fsp3) is 0.500. The van der Waals surface area contributed by atoms with Gasteiger partial charge in [0.2, 0.25) is 15.9 Å². The predicted octanol–water partition coefficient (Wildman–Crippen LogP) is 1.56. The lowest BCUT2D eigenvalue weighted by molar-refractivity contribution is -0.118. The van der Waals surface area contributed by atoms with Gasteiger partial charge in [0.15, 0.2) is 0 Å². The van der Waals surface area contributed by atoms with Crippen molar-refractivity contribution in [3.05, 3.63) is 24.3 Å². The molecule has 7 nitrogen and oxygen atoms in total. The molecule has 0 saturated heterocycles. The minimum atomic E-state index is -3.36. The van der Waals surface area contributed by atoms with Gasteiger partial charge in [-0.25, -0.2) is 8.42 Å². The smallest absolute Gasteiger partial charge is 0.232 e. The second kappa shape index (κ2) is 10.4. The van der Waals surface area contributed by atoms with Gasteiger partial charge < -0.3 is 15.8 Å². The maximum absolute atomic E-state index is 11.9. The lowest BCUT2D eigenvalue weighted by Gasteiger charge is -2.13. The number of halogens is 1. The summed E-state index contributed by atoms with van der Waals surface area (Å²) in [5, 5.41) is 2.69. The quantitative estimate of drug-likeness (QED) is 0.615.